The van der Waals surface area contributed by atoms with Gasteiger partial charge in [-0.25, -0.2) is 4.39 Å². The van der Waals surface area contributed by atoms with Crippen LogP contribution < -0.4 is 5.32 Å². The molecular weight excluding hydrogens is 247 g/mol. The zero-order valence-corrected chi connectivity index (χ0v) is 11.6. The van der Waals surface area contributed by atoms with Crippen LogP contribution in [0.15, 0.2) is 18.2 Å². The molecule has 0 aromatic heterocycles. The summed E-state index contributed by atoms with van der Waals surface area (Å²) in [6.45, 7) is 6.35. The summed E-state index contributed by atoms with van der Waals surface area (Å²) in [4.78, 5) is 10.1. The Kier molecular flexibility index (Phi) is 5.73. The second-order valence-electron chi connectivity index (χ2n) is 5.33. The van der Waals surface area contributed by atoms with E-state index in [2.05, 4.69) is 19.2 Å². The first-order chi connectivity index (χ1) is 8.88. The summed E-state index contributed by atoms with van der Waals surface area (Å²) in [6, 6.07) is 3.74. The fourth-order valence-electron chi connectivity index (χ4n) is 1.95. The predicted molar refractivity (Wildman–Crippen MR) is 74.8 cm³/mol. The first kappa shape index (κ1) is 15.4. The number of hydrogen-bond donors (Lipinski definition) is 1. The van der Waals surface area contributed by atoms with Crippen LogP contribution in [0.25, 0.3) is 0 Å². The number of halogens is 1. The van der Waals surface area contributed by atoms with Gasteiger partial charge in [0.2, 0.25) is 0 Å². The van der Waals surface area contributed by atoms with E-state index >= 15 is 0 Å². The lowest BCUT2D eigenvalue weighted by Crippen LogP contribution is -2.15. The van der Waals surface area contributed by atoms with Crippen molar-refractivity contribution in [3.05, 3.63) is 34.1 Å². The molecule has 1 N–H and O–H groups in total. The normalized spacial score (nSPS) is 12.5. The standard InChI is InChI=1S/C14H21FN2O2/c1-10(2)5-4-6-11(3)16-13-7-12(15)8-14(9-13)17(18)19/h7-11,16H,4-6H2,1-3H3. The summed E-state index contributed by atoms with van der Waals surface area (Å²) in [5.41, 5.74) is 0.237. The van der Waals surface area contributed by atoms with Crippen LogP contribution in [0.5, 0.6) is 0 Å². The molecule has 0 heterocycles. The van der Waals surface area contributed by atoms with E-state index < -0.39 is 10.7 Å². The van der Waals surface area contributed by atoms with E-state index in [1.807, 2.05) is 6.92 Å². The maximum Gasteiger partial charge on any atom is 0.274 e. The van der Waals surface area contributed by atoms with E-state index in [9.17, 15) is 14.5 Å². The minimum atomic E-state index is -0.592. The van der Waals surface area contributed by atoms with Gasteiger partial charge in [0.05, 0.1) is 11.0 Å². The van der Waals surface area contributed by atoms with E-state index in [0.717, 1.165) is 25.3 Å². The molecule has 0 aliphatic carbocycles. The van der Waals surface area contributed by atoms with Crippen molar-refractivity contribution in [2.45, 2.75) is 46.1 Å². The number of nitrogens with one attached hydrogen (secondary N) is 1. The number of nitrogens with zero attached hydrogens (tertiary/aromatic N) is 1. The molecule has 0 bridgehead atoms. The Labute approximate surface area is 113 Å². The van der Waals surface area contributed by atoms with Crippen LogP contribution >= 0.6 is 0 Å². The molecule has 0 saturated heterocycles. The summed E-state index contributed by atoms with van der Waals surface area (Å²) < 4.78 is 13.3. The number of nitro groups is 1. The molecule has 1 unspecified atom stereocenters. The smallest absolute Gasteiger partial charge is 0.274 e. The van der Waals surface area contributed by atoms with Gasteiger partial charge in [0.1, 0.15) is 5.82 Å². The van der Waals surface area contributed by atoms with Gasteiger partial charge >= 0.3 is 0 Å². The zero-order chi connectivity index (χ0) is 14.4. The summed E-state index contributed by atoms with van der Waals surface area (Å²) >= 11 is 0. The SMILES string of the molecule is CC(C)CCCC(C)Nc1cc(F)cc([N+](=O)[O-])c1. The summed E-state index contributed by atoms with van der Waals surface area (Å²) in [6.07, 6.45) is 3.20. The molecule has 0 fully saturated rings. The van der Waals surface area contributed by atoms with Gasteiger partial charge in [0.25, 0.3) is 5.69 Å². The summed E-state index contributed by atoms with van der Waals surface area (Å²) in [5, 5.41) is 13.8. The Bertz CT molecular complexity index is 435. The topological polar surface area (TPSA) is 55.2 Å². The summed E-state index contributed by atoms with van der Waals surface area (Å²) in [7, 11) is 0. The average Bonchev–Trinajstić information content (AvgIpc) is 2.27. The Morgan fingerprint density at radius 1 is 1.26 bits per heavy atom. The molecule has 1 aromatic rings. The first-order valence-electron chi connectivity index (χ1n) is 6.60. The maximum absolute atomic E-state index is 13.3. The molecule has 0 aliphatic heterocycles. The van der Waals surface area contributed by atoms with Crippen molar-refractivity contribution < 1.29 is 9.31 Å². The van der Waals surface area contributed by atoms with Crippen molar-refractivity contribution in [3.8, 4) is 0 Å². The van der Waals surface area contributed by atoms with Gasteiger partial charge in [0.15, 0.2) is 0 Å². The van der Waals surface area contributed by atoms with Crippen molar-refractivity contribution in [1.29, 1.82) is 0 Å². The number of benzene rings is 1. The van der Waals surface area contributed by atoms with Crippen LogP contribution in [-0.2, 0) is 0 Å². The molecule has 0 radical (unpaired) electrons. The van der Waals surface area contributed by atoms with Gasteiger partial charge in [0, 0.05) is 17.8 Å². The van der Waals surface area contributed by atoms with Crippen LogP contribution in [0.4, 0.5) is 15.8 Å². The zero-order valence-electron chi connectivity index (χ0n) is 11.6. The molecule has 0 spiro atoms. The van der Waals surface area contributed by atoms with E-state index in [4.69, 9.17) is 0 Å². The van der Waals surface area contributed by atoms with Crippen LogP contribution in [-0.4, -0.2) is 11.0 Å². The monoisotopic (exact) mass is 268 g/mol. The second kappa shape index (κ2) is 7.07. The molecule has 0 aliphatic rings. The highest BCUT2D eigenvalue weighted by atomic mass is 19.1. The average molecular weight is 268 g/mol. The predicted octanol–water partition coefficient (Wildman–Crippen LogP) is 4.36. The lowest BCUT2D eigenvalue weighted by molar-refractivity contribution is -0.385. The Hall–Kier alpha value is -1.65. The Morgan fingerprint density at radius 2 is 1.95 bits per heavy atom. The molecule has 19 heavy (non-hydrogen) atoms. The van der Waals surface area contributed by atoms with Gasteiger partial charge in [-0.3, -0.25) is 10.1 Å². The molecular formula is C14H21FN2O2. The molecule has 0 amide bonds. The van der Waals surface area contributed by atoms with E-state index in [1.165, 1.54) is 12.1 Å². The molecule has 1 aromatic carbocycles. The first-order valence-corrected chi connectivity index (χ1v) is 6.60. The molecule has 106 valence electrons. The third-order valence-electron chi connectivity index (χ3n) is 2.93. The number of hydrogen-bond acceptors (Lipinski definition) is 3. The Balaban J connectivity index is 2.58. The number of anilines is 1. The summed E-state index contributed by atoms with van der Waals surface area (Å²) in [5.74, 6) is 0.0773. The van der Waals surface area contributed by atoms with Gasteiger partial charge in [-0.2, -0.15) is 0 Å². The van der Waals surface area contributed by atoms with Crippen molar-refractivity contribution in [3.63, 3.8) is 0 Å². The maximum atomic E-state index is 13.3. The lowest BCUT2D eigenvalue weighted by atomic mass is 10.0. The van der Waals surface area contributed by atoms with E-state index in [-0.39, 0.29) is 11.7 Å². The largest absolute Gasteiger partial charge is 0.382 e. The van der Waals surface area contributed by atoms with Crippen molar-refractivity contribution in [1.82, 2.24) is 0 Å². The van der Waals surface area contributed by atoms with Gasteiger partial charge in [-0.1, -0.05) is 26.7 Å². The fourth-order valence-corrected chi connectivity index (χ4v) is 1.95. The molecule has 5 heteroatoms. The highest BCUT2D eigenvalue weighted by Gasteiger charge is 2.11. The molecule has 4 nitrogen and oxygen atoms in total. The number of non-ortho nitro benzene ring substituents is 1. The highest BCUT2D eigenvalue weighted by Crippen LogP contribution is 2.21. The fraction of sp³-hybridized carbons (Fsp3) is 0.571. The van der Waals surface area contributed by atoms with Crippen LogP contribution in [0.1, 0.15) is 40.0 Å². The molecule has 1 atom stereocenters. The van der Waals surface area contributed by atoms with Gasteiger partial charge in [-0.15, -0.1) is 0 Å². The van der Waals surface area contributed by atoms with Crippen LogP contribution in [0, 0.1) is 21.8 Å². The number of nitro benzene ring substituents is 1. The highest BCUT2D eigenvalue weighted by molar-refractivity contribution is 5.52. The van der Waals surface area contributed by atoms with Crippen molar-refractivity contribution in [2.75, 3.05) is 5.32 Å². The Morgan fingerprint density at radius 3 is 2.53 bits per heavy atom. The van der Waals surface area contributed by atoms with Gasteiger partial charge < -0.3 is 5.32 Å². The third kappa shape index (κ3) is 5.68. The van der Waals surface area contributed by atoms with E-state index in [1.54, 1.807) is 0 Å². The lowest BCUT2D eigenvalue weighted by Gasteiger charge is -2.15. The minimum Gasteiger partial charge on any atom is -0.382 e. The molecule has 0 saturated carbocycles. The quantitative estimate of drug-likeness (QED) is 0.590. The number of rotatable bonds is 7. The third-order valence-corrected chi connectivity index (χ3v) is 2.93. The van der Waals surface area contributed by atoms with Crippen molar-refractivity contribution in [2.24, 2.45) is 5.92 Å². The van der Waals surface area contributed by atoms with Crippen molar-refractivity contribution >= 4 is 11.4 Å². The van der Waals surface area contributed by atoms with Gasteiger partial charge in [-0.05, 0) is 25.3 Å². The second-order valence-corrected chi connectivity index (χ2v) is 5.33. The van der Waals surface area contributed by atoms with Crippen LogP contribution in [0.3, 0.4) is 0 Å². The molecule has 1 rings (SSSR count). The minimum absolute atomic E-state index is 0.167. The van der Waals surface area contributed by atoms with Crippen LogP contribution in [0.2, 0.25) is 0 Å². The van der Waals surface area contributed by atoms with E-state index in [0.29, 0.717) is 11.6 Å².